The number of carbonyl (C=O) groups is 1. The molecule has 18 heavy (non-hydrogen) atoms. The molecule has 4 heteroatoms. The lowest BCUT2D eigenvalue weighted by Gasteiger charge is -2.22. The molecule has 98 valence electrons. The van der Waals surface area contributed by atoms with Gasteiger partial charge in [0.05, 0.1) is 11.2 Å². The van der Waals surface area contributed by atoms with Crippen molar-refractivity contribution in [2.24, 2.45) is 5.73 Å². The van der Waals surface area contributed by atoms with E-state index in [1.807, 2.05) is 37.3 Å². The van der Waals surface area contributed by atoms with Crippen molar-refractivity contribution in [2.75, 3.05) is 11.1 Å². The average Bonchev–Trinajstić information content (AvgIpc) is 2.37. The molecule has 0 saturated heterocycles. The molecular weight excluding hydrogens is 244 g/mol. The van der Waals surface area contributed by atoms with Gasteiger partial charge in [-0.15, -0.1) is 18.3 Å². The highest BCUT2D eigenvalue weighted by molar-refractivity contribution is 7.99. The zero-order chi connectivity index (χ0) is 13.6. The van der Waals surface area contributed by atoms with Crippen LogP contribution in [0.15, 0.2) is 41.8 Å². The first-order valence-corrected chi connectivity index (χ1v) is 6.93. The van der Waals surface area contributed by atoms with Gasteiger partial charge >= 0.3 is 0 Å². The third-order valence-corrected chi connectivity index (χ3v) is 3.81. The highest BCUT2D eigenvalue weighted by atomic mass is 32.2. The summed E-state index contributed by atoms with van der Waals surface area (Å²) in [5.74, 6) is 0.650. The third kappa shape index (κ3) is 3.89. The van der Waals surface area contributed by atoms with Crippen molar-refractivity contribution in [3.05, 3.63) is 36.9 Å². The van der Waals surface area contributed by atoms with Gasteiger partial charge in [-0.25, -0.2) is 0 Å². The minimum Gasteiger partial charge on any atom is -0.323 e. The van der Waals surface area contributed by atoms with Crippen molar-refractivity contribution in [1.82, 2.24) is 0 Å². The molecule has 0 aliphatic heterocycles. The Morgan fingerprint density at radius 3 is 2.83 bits per heavy atom. The van der Waals surface area contributed by atoms with Crippen LogP contribution >= 0.6 is 11.8 Å². The number of hydrogen-bond acceptors (Lipinski definition) is 3. The van der Waals surface area contributed by atoms with E-state index in [0.717, 1.165) is 16.3 Å². The van der Waals surface area contributed by atoms with Crippen molar-refractivity contribution < 1.29 is 4.79 Å². The van der Waals surface area contributed by atoms with Crippen LogP contribution in [0.3, 0.4) is 0 Å². The minimum atomic E-state index is -0.837. The molecule has 0 radical (unpaired) electrons. The summed E-state index contributed by atoms with van der Waals surface area (Å²) in [6.07, 6.45) is 2.43. The molecule has 1 rings (SSSR count). The molecule has 3 nitrogen and oxygen atoms in total. The minimum absolute atomic E-state index is 0.156. The highest BCUT2D eigenvalue weighted by Crippen LogP contribution is 2.27. The Bertz CT molecular complexity index is 430. The number of thioether (sulfide) groups is 1. The summed E-state index contributed by atoms with van der Waals surface area (Å²) in [4.78, 5) is 13.1. The molecule has 0 saturated carbocycles. The van der Waals surface area contributed by atoms with Crippen molar-refractivity contribution in [2.45, 2.75) is 30.7 Å². The molecule has 0 fully saturated rings. The average molecular weight is 264 g/mol. The standard InChI is InChI=1S/C14H20N2OS/c1-4-10-18-12-9-7-6-8-11(12)16-13(17)14(3,15)5-2/h4,6-9H,1,5,10,15H2,2-3H3,(H,16,17). The van der Waals surface area contributed by atoms with E-state index >= 15 is 0 Å². The van der Waals surface area contributed by atoms with Gasteiger partial charge < -0.3 is 11.1 Å². The summed E-state index contributed by atoms with van der Waals surface area (Å²) in [5, 5.41) is 2.89. The summed E-state index contributed by atoms with van der Waals surface area (Å²) < 4.78 is 0. The van der Waals surface area contributed by atoms with Crippen molar-refractivity contribution in [1.29, 1.82) is 0 Å². The largest absolute Gasteiger partial charge is 0.323 e. The smallest absolute Gasteiger partial charge is 0.244 e. The van der Waals surface area contributed by atoms with Crippen LogP contribution in [0, 0.1) is 0 Å². The second-order valence-corrected chi connectivity index (χ2v) is 5.38. The van der Waals surface area contributed by atoms with Crippen LogP contribution in [0.1, 0.15) is 20.3 Å². The predicted molar refractivity (Wildman–Crippen MR) is 78.9 cm³/mol. The zero-order valence-corrected chi connectivity index (χ0v) is 11.7. The number of anilines is 1. The maximum Gasteiger partial charge on any atom is 0.244 e. The third-order valence-electron chi connectivity index (χ3n) is 2.75. The SMILES string of the molecule is C=CCSc1ccccc1NC(=O)C(C)(N)CC. The van der Waals surface area contributed by atoms with E-state index in [1.165, 1.54) is 0 Å². The van der Waals surface area contributed by atoms with E-state index < -0.39 is 5.54 Å². The molecule has 0 bridgehead atoms. The lowest BCUT2D eigenvalue weighted by atomic mass is 9.99. The molecule has 0 aliphatic rings. The van der Waals surface area contributed by atoms with Gasteiger partial charge in [-0.3, -0.25) is 4.79 Å². The number of amides is 1. The van der Waals surface area contributed by atoms with E-state index in [0.29, 0.717) is 6.42 Å². The number of rotatable bonds is 6. The maximum absolute atomic E-state index is 12.0. The number of para-hydroxylation sites is 1. The summed E-state index contributed by atoms with van der Waals surface area (Å²) in [6, 6.07) is 7.70. The molecule has 1 atom stereocenters. The molecule has 1 unspecified atom stereocenters. The van der Waals surface area contributed by atoms with E-state index in [1.54, 1.807) is 18.7 Å². The first-order chi connectivity index (χ1) is 8.51. The van der Waals surface area contributed by atoms with Gasteiger partial charge in [0.15, 0.2) is 0 Å². The highest BCUT2D eigenvalue weighted by Gasteiger charge is 2.26. The number of benzene rings is 1. The number of nitrogens with two attached hydrogens (primary N) is 1. The summed E-state index contributed by atoms with van der Waals surface area (Å²) in [5.41, 5.74) is 5.89. The Balaban J connectivity index is 2.84. The fourth-order valence-corrected chi connectivity index (χ4v) is 2.02. The molecular formula is C14H20N2OS. The second-order valence-electron chi connectivity index (χ2n) is 4.32. The maximum atomic E-state index is 12.0. The fraction of sp³-hybridized carbons (Fsp3) is 0.357. The van der Waals surface area contributed by atoms with Gasteiger partial charge in [0, 0.05) is 10.6 Å². The molecule has 0 heterocycles. The van der Waals surface area contributed by atoms with Crippen molar-refractivity contribution in [3.8, 4) is 0 Å². The first-order valence-electron chi connectivity index (χ1n) is 5.94. The van der Waals surface area contributed by atoms with E-state index in [4.69, 9.17) is 5.73 Å². The van der Waals surface area contributed by atoms with Crippen molar-refractivity contribution in [3.63, 3.8) is 0 Å². The van der Waals surface area contributed by atoms with Gasteiger partial charge in [-0.1, -0.05) is 25.1 Å². The summed E-state index contributed by atoms with van der Waals surface area (Å²) in [6.45, 7) is 7.33. The molecule has 1 aromatic rings. The predicted octanol–water partition coefficient (Wildman–Crippen LogP) is 3.03. The van der Waals surface area contributed by atoms with Crippen LogP contribution in [0.4, 0.5) is 5.69 Å². The van der Waals surface area contributed by atoms with Gasteiger partial charge in [0.25, 0.3) is 0 Å². The molecule has 1 amide bonds. The van der Waals surface area contributed by atoms with E-state index in [9.17, 15) is 4.79 Å². The summed E-state index contributed by atoms with van der Waals surface area (Å²) >= 11 is 1.63. The number of hydrogen-bond donors (Lipinski definition) is 2. The molecule has 1 aromatic carbocycles. The second kappa shape index (κ2) is 6.61. The first kappa shape index (κ1) is 14.8. The van der Waals surface area contributed by atoms with Gasteiger partial charge in [-0.05, 0) is 25.5 Å². The van der Waals surface area contributed by atoms with E-state index in [-0.39, 0.29) is 5.91 Å². The molecule has 0 aliphatic carbocycles. The zero-order valence-electron chi connectivity index (χ0n) is 10.9. The van der Waals surface area contributed by atoms with Gasteiger partial charge in [0.1, 0.15) is 0 Å². The van der Waals surface area contributed by atoms with Gasteiger partial charge in [-0.2, -0.15) is 0 Å². The monoisotopic (exact) mass is 264 g/mol. The molecule has 0 aromatic heterocycles. The Kier molecular flexibility index (Phi) is 5.44. The number of nitrogens with one attached hydrogen (secondary N) is 1. The lowest BCUT2D eigenvalue weighted by Crippen LogP contribution is -2.47. The summed E-state index contributed by atoms with van der Waals surface area (Å²) in [7, 11) is 0. The topological polar surface area (TPSA) is 55.1 Å². The fourth-order valence-electron chi connectivity index (χ4n) is 1.27. The Morgan fingerprint density at radius 1 is 1.56 bits per heavy atom. The van der Waals surface area contributed by atoms with Gasteiger partial charge in [0.2, 0.25) is 5.91 Å². The van der Waals surface area contributed by atoms with Crippen LogP contribution in [-0.2, 0) is 4.79 Å². The van der Waals surface area contributed by atoms with E-state index in [2.05, 4.69) is 11.9 Å². The lowest BCUT2D eigenvalue weighted by molar-refractivity contribution is -0.120. The molecule has 3 N–H and O–H groups in total. The van der Waals surface area contributed by atoms with Crippen LogP contribution in [0.2, 0.25) is 0 Å². The quantitative estimate of drug-likeness (QED) is 0.613. The normalized spacial score (nSPS) is 13.7. The van der Waals surface area contributed by atoms with Crippen molar-refractivity contribution >= 4 is 23.4 Å². The molecule has 0 spiro atoms. The van der Waals surface area contributed by atoms with Crippen LogP contribution < -0.4 is 11.1 Å². The Labute approximate surface area is 113 Å². The Morgan fingerprint density at radius 2 is 2.22 bits per heavy atom. The number of carbonyl (C=O) groups excluding carboxylic acids is 1. The Hall–Kier alpha value is -1.26. The van der Waals surface area contributed by atoms with Crippen LogP contribution in [0.5, 0.6) is 0 Å². The van der Waals surface area contributed by atoms with Crippen LogP contribution in [-0.4, -0.2) is 17.2 Å². The van der Waals surface area contributed by atoms with Crippen LogP contribution in [0.25, 0.3) is 0 Å².